The molecule has 1 heterocycles. The quantitative estimate of drug-likeness (QED) is 0.877. The molecule has 0 aliphatic rings. The summed E-state index contributed by atoms with van der Waals surface area (Å²) in [6.07, 6.45) is 0.927. The fraction of sp³-hybridized carbons (Fsp3) is 0.235. The molecule has 0 radical (unpaired) electrons. The Morgan fingerprint density at radius 3 is 2.17 bits per heavy atom. The molecule has 1 aromatic carbocycles. The van der Waals surface area contributed by atoms with Crippen LogP contribution in [0.3, 0.4) is 0 Å². The van der Waals surface area contributed by atoms with Gasteiger partial charge in [-0.2, -0.15) is 0 Å². The Kier molecular flexibility index (Phi) is 5.08. The monoisotopic (exact) mass is 314 g/mol. The van der Waals surface area contributed by atoms with Gasteiger partial charge in [-0.05, 0) is 29.8 Å². The van der Waals surface area contributed by atoms with Gasteiger partial charge in [0.05, 0.1) is 22.9 Å². The van der Waals surface area contributed by atoms with Gasteiger partial charge in [-0.25, -0.2) is 4.79 Å². The van der Waals surface area contributed by atoms with Crippen LogP contribution in [0.1, 0.15) is 38.1 Å². The number of aliphatic hydroxyl groups is 1. The van der Waals surface area contributed by atoms with E-state index < -0.39 is 12.1 Å². The van der Waals surface area contributed by atoms with Crippen molar-refractivity contribution in [1.29, 1.82) is 0 Å². The van der Waals surface area contributed by atoms with Crippen molar-refractivity contribution in [1.82, 2.24) is 9.88 Å². The number of aromatic carboxylic acids is 1. The highest BCUT2D eigenvalue weighted by atomic mass is 16.4. The zero-order valence-corrected chi connectivity index (χ0v) is 12.9. The van der Waals surface area contributed by atoms with Gasteiger partial charge < -0.3 is 15.1 Å². The number of pyridine rings is 1. The third-order valence-corrected chi connectivity index (χ3v) is 3.41. The minimum atomic E-state index is -0.986. The van der Waals surface area contributed by atoms with Gasteiger partial charge in [-0.1, -0.05) is 12.1 Å². The van der Waals surface area contributed by atoms with Crippen LogP contribution < -0.4 is 0 Å². The minimum Gasteiger partial charge on any atom is -0.478 e. The first kappa shape index (κ1) is 16.6. The third kappa shape index (κ3) is 4.14. The lowest BCUT2D eigenvalue weighted by atomic mass is 10.0. The topological polar surface area (TPSA) is 90.7 Å². The van der Waals surface area contributed by atoms with Crippen LogP contribution in [0.4, 0.5) is 0 Å². The summed E-state index contributed by atoms with van der Waals surface area (Å²) in [5.41, 5.74) is 1.92. The van der Waals surface area contributed by atoms with E-state index in [0.717, 1.165) is 5.56 Å². The third-order valence-electron chi connectivity index (χ3n) is 3.41. The first-order valence-electron chi connectivity index (χ1n) is 7.06. The van der Waals surface area contributed by atoms with Crippen molar-refractivity contribution >= 4 is 11.9 Å². The lowest BCUT2D eigenvalue weighted by Gasteiger charge is -2.13. The number of carboxylic acids is 1. The number of carbonyl (C=O) groups is 2. The molecular formula is C17H18N2O4. The number of aliphatic hydroxyl groups excluding tert-OH is 1. The first-order valence-corrected chi connectivity index (χ1v) is 7.06. The molecule has 23 heavy (non-hydrogen) atoms. The van der Waals surface area contributed by atoms with Crippen LogP contribution in [-0.2, 0) is 6.42 Å². The first-order chi connectivity index (χ1) is 10.9. The van der Waals surface area contributed by atoms with Crippen LogP contribution in [0.15, 0.2) is 42.6 Å². The summed E-state index contributed by atoms with van der Waals surface area (Å²) < 4.78 is 0. The standard InChI is InChI=1S/C17H18N2O4/c1-19(2)16(21)13-7-8-14(18-10-13)15(20)9-11-3-5-12(6-4-11)17(22)23/h3-8,10,15,20H,9H2,1-2H3,(H,22,23). The molecule has 6 heteroatoms. The number of amides is 1. The summed E-state index contributed by atoms with van der Waals surface area (Å²) in [6, 6.07) is 9.56. The Morgan fingerprint density at radius 2 is 1.70 bits per heavy atom. The lowest BCUT2D eigenvalue weighted by Crippen LogP contribution is -2.21. The average Bonchev–Trinajstić information content (AvgIpc) is 2.54. The van der Waals surface area contributed by atoms with Crippen LogP contribution in [0, 0.1) is 0 Å². The van der Waals surface area contributed by atoms with Crippen molar-refractivity contribution in [2.45, 2.75) is 12.5 Å². The molecule has 1 aromatic heterocycles. The van der Waals surface area contributed by atoms with Crippen LogP contribution >= 0.6 is 0 Å². The van der Waals surface area contributed by atoms with E-state index in [2.05, 4.69) is 4.98 Å². The van der Waals surface area contributed by atoms with Crippen molar-refractivity contribution in [2.75, 3.05) is 14.1 Å². The van der Waals surface area contributed by atoms with Crippen LogP contribution in [0.25, 0.3) is 0 Å². The number of hydrogen-bond acceptors (Lipinski definition) is 4. The molecule has 0 bridgehead atoms. The summed E-state index contributed by atoms with van der Waals surface area (Å²) >= 11 is 0. The molecule has 120 valence electrons. The maximum absolute atomic E-state index is 11.8. The molecule has 1 amide bonds. The molecule has 2 aromatic rings. The molecule has 0 aliphatic heterocycles. The molecule has 0 fully saturated rings. The second-order valence-electron chi connectivity index (χ2n) is 5.39. The fourth-order valence-corrected chi connectivity index (χ4v) is 2.10. The van der Waals surface area contributed by atoms with Crippen molar-refractivity contribution in [3.63, 3.8) is 0 Å². The van der Waals surface area contributed by atoms with Crippen molar-refractivity contribution in [3.05, 3.63) is 65.0 Å². The average molecular weight is 314 g/mol. The summed E-state index contributed by atoms with van der Waals surface area (Å²) in [5, 5.41) is 19.1. The second kappa shape index (κ2) is 7.02. The van der Waals surface area contributed by atoms with Crippen molar-refractivity contribution in [3.8, 4) is 0 Å². The Balaban J connectivity index is 2.07. The van der Waals surface area contributed by atoms with Crippen LogP contribution in [0.5, 0.6) is 0 Å². The van der Waals surface area contributed by atoms with Gasteiger partial charge in [0.15, 0.2) is 0 Å². The van der Waals surface area contributed by atoms with Gasteiger partial charge in [0.25, 0.3) is 5.91 Å². The fourth-order valence-electron chi connectivity index (χ4n) is 2.10. The van der Waals surface area contributed by atoms with Crippen LogP contribution in [-0.4, -0.2) is 46.1 Å². The van der Waals surface area contributed by atoms with E-state index in [9.17, 15) is 14.7 Å². The zero-order valence-electron chi connectivity index (χ0n) is 12.9. The van der Waals surface area contributed by atoms with E-state index in [1.54, 1.807) is 38.4 Å². The van der Waals surface area contributed by atoms with E-state index in [-0.39, 0.29) is 11.5 Å². The summed E-state index contributed by atoms with van der Waals surface area (Å²) in [7, 11) is 3.32. The highest BCUT2D eigenvalue weighted by molar-refractivity contribution is 5.93. The van der Waals surface area contributed by atoms with Gasteiger partial charge in [0, 0.05) is 26.7 Å². The van der Waals surface area contributed by atoms with Crippen LogP contribution in [0.2, 0.25) is 0 Å². The Hall–Kier alpha value is -2.73. The van der Waals surface area contributed by atoms with E-state index in [4.69, 9.17) is 5.11 Å². The maximum Gasteiger partial charge on any atom is 0.335 e. The van der Waals surface area contributed by atoms with E-state index in [1.165, 1.54) is 23.2 Å². The normalized spacial score (nSPS) is 11.8. The molecule has 1 unspecified atom stereocenters. The lowest BCUT2D eigenvalue weighted by molar-refractivity contribution is 0.0696. The summed E-state index contributed by atoms with van der Waals surface area (Å²) in [6.45, 7) is 0. The summed E-state index contributed by atoms with van der Waals surface area (Å²) in [5.74, 6) is -1.14. The second-order valence-corrected chi connectivity index (χ2v) is 5.39. The maximum atomic E-state index is 11.8. The molecule has 0 spiro atoms. The number of carboxylic acid groups (broad SMARTS) is 1. The van der Waals surface area contributed by atoms with Gasteiger partial charge >= 0.3 is 5.97 Å². The molecule has 2 N–H and O–H groups in total. The summed E-state index contributed by atoms with van der Waals surface area (Å²) in [4.78, 5) is 28.2. The number of carbonyl (C=O) groups excluding carboxylic acids is 1. The number of hydrogen-bond donors (Lipinski definition) is 2. The van der Waals surface area contributed by atoms with Gasteiger partial charge in [0.2, 0.25) is 0 Å². The highest BCUT2D eigenvalue weighted by Crippen LogP contribution is 2.17. The number of rotatable bonds is 5. The largest absolute Gasteiger partial charge is 0.478 e. The van der Waals surface area contributed by atoms with E-state index >= 15 is 0 Å². The number of aromatic nitrogens is 1. The Bertz CT molecular complexity index is 694. The Labute approximate surface area is 134 Å². The predicted molar refractivity (Wildman–Crippen MR) is 84.3 cm³/mol. The molecule has 0 saturated carbocycles. The minimum absolute atomic E-state index is 0.150. The Morgan fingerprint density at radius 1 is 1.09 bits per heavy atom. The molecular weight excluding hydrogens is 296 g/mol. The molecule has 2 rings (SSSR count). The van der Waals surface area contributed by atoms with Crippen molar-refractivity contribution in [2.24, 2.45) is 0 Å². The van der Waals surface area contributed by atoms with E-state index in [0.29, 0.717) is 17.7 Å². The number of nitrogens with zero attached hydrogens (tertiary/aromatic N) is 2. The van der Waals surface area contributed by atoms with Gasteiger partial charge in [-0.3, -0.25) is 9.78 Å². The molecule has 0 aliphatic carbocycles. The zero-order chi connectivity index (χ0) is 17.0. The molecule has 1 atom stereocenters. The van der Waals surface area contributed by atoms with E-state index in [1.807, 2.05) is 0 Å². The highest BCUT2D eigenvalue weighted by Gasteiger charge is 2.13. The van der Waals surface area contributed by atoms with Crippen molar-refractivity contribution < 1.29 is 19.8 Å². The smallest absolute Gasteiger partial charge is 0.335 e. The number of benzene rings is 1. The molecule has 6 nitrogen and oxygen atoms in total. The molecule has 0 saturated heterocycles. The SMILES string of the molecule is CN(C)C(=O)c1ccc(C(O)Cc2ccc(C(=O)O)cc2)nc1. The predicted octanol–water partition coefficient (Wildman–Crippen LogP) is 1.76. The van der Waals surface area contributed by atoms with Gasteiger partial charge in [0.1, 0.15) is 0 Å². The van der Waals surface area contributed by atoms with Gasteiger partial charge in [-0.15, -0.1) is 0 Å².